The van der Waals surface area contributed by atoms with E-state index < -0.39 is 0 Å². The number of nitriles is 1. The van der Waals surface area contributed by atoms with Crippen LogP contribution >= 0.6 is 15.9 Å². The fraction of sp³-hybridized carbons (Fsp3) is 0.417. The highest BCUT2D eigenvalue weighted by atomic mass is 79.9. The zero-order valence-corrected chi connectivity index (χ0v) is 10.3. The lowest BCUT2D eigenvalue weighted by atomic mass is 9.97. The Morgan fingerprint density at radius 2 is 1.93 bits per heavy atom. The SMILES string of the molecule is CC(C)c1ccc(C(C)C#N)cc1Br. The molecule has 0 aromatic heterocycles. The number of benzene rings is 1. The van der Waals surface area contributed by atoms with Crippen LogP contribution in [0.25, 0.3) is 0 Å². The molecule has 0 bridgehead atoms. The first kappa shape index (κ1) is 11.3. The molecule has 0 saturated carbocycles. The summed E-state index contributed by atoms with van der Waals surface area (Å²) in [6, 6.07) is 8.41. The molecule has 0 aliphatic carbocycles. The molecule has 1 unspecified atom stereocenters. The Morgan fingerprint density at radius 3 is 2.36 bits per heavy atom. The Balaban J connectivity index is 3.08. The van der Waals surface area contributed by atoms with Crippen molar-refractivity contribution < 1.29 is 0 Å². The number of nitrogens with zero attached hydrogens (tertiary/aromatic N) is 1. The van der Waals surface area contributed by atoms with Crippen molar-refractivity contribution >= 4 is 15.9 Å². The highest BCUT2D eigenvalue weighted by Crippen LogP contribution is 2.28. The molecule has 0 radical (unpaired) electrons. The maximum atomic E-state index is 8.79. The van der Waals surface area contributed by atoms with E-state index in [1.54, 1.807) is 0 Å². The smallest absolute Gasteiger partial charge is 0.0700 e. The van der Waals surface area contributed by atoms with E-state index in [0.29, 0.717) is 5.92 Å². The summed E-state index contributed by atoms with van der Waals surface area (Å²) in [5.74, 6) is 0.475. The second-order valence-corrected chi connectivity index (χ2v) is 4.64. The van der Waals surface area contributed by atoms with E-state index in [1.807, 2.05) is 19.1 Å². The Hall–Kier alpha value is -0.810. The van der Waals surface area contributed by atoms with E-state index in [-0.39, 0.29) is 5.92 Å². The van der Waals surface area contributed by atoms with Crippen molar-refractivity contribution in [2.45, 2.75) is 32.6 Å². The third-order valence-electron chi connectivity index (χ3n) is 2.34. The Morgan fingerprint density at radius 1 is 1.29 bits per heavy atom. The summed E-state index contributed by atoms with van der Waals surface area (Å²) >= 11 is 3.54. The van der Waals surface area contributed by atoms with Crippen LogP contribution in [-0.2, 0) is 0 Å². The van der Waals surface area contributed by atoms with E-state index in [9.17, 15) is 0 Å². The van der Waals surface area contributed by atoms with E-state index in [4.69, 9.17) is 5.26 Å². The molecule has 0 spiro atoms. The Labute approximate surface area is 93.9 Å². The summed E-state index contributed by atoms with van der Waals surface area (Å²) in [4.78, 5) is 0. The Bertz CT molecular complexity index is 363. The van der Waals surface area contributed by atoms with Crippen LogP contribution in [0.2, 0.25) is 0 Å². The van der Waals surface area contributed by atoms with Gasteiger partial charge in [-0.15, -0.1) is 0 Å². The van der Waals surface area contributed by atoms with E-state index in [1.165, 1.54) is 5.56 Å². The largest absolute Gasteiger partial charge is 0.198 e. The van der Waals surface area contributed by atoms with Gasteiger partial charge in [0.05, 0.1) is 12.0 Å². The predicted octanol–water partition coefficient (Wildman–Crippen LogP) is 4.20. The van der Waals surface area contributed by atoms with Gasteiger partial charge in [-0.05, 0) is 30.0 Å². The highest BCUT2D eigenvalue weighted by molar-refractivity contribution is 9.10. The van der Waals surface area contributed by atoms with Gasteiger partial charge in [-0.1, -0.05) is 41.9 Å². The highest BCUT2D eigenvalue weighted by Gasteiger charge is 2.08. The third-order valence-corrected chi connectivity index (χ3v) is 3.03. The molecule has 0 aliphatic rings. The zero-order valence-electron chi connectivity index (χ0n) is 8.71. The van der Waals surface area contributed by atoms with E-state index >= 15 is 0 Å². The minimum absolute atomic E-state index is 0.0347. The summed E-state index contributed by atoms with van der Waals surface area (Å²) < 4.78 is 1.10. The first-order valence-corrected chi connectivity index (χ1v) is 5.54. The summed E-state index contributed by atoms with van der Waals surface area (Å²) in [5, 5.41) is 8.79. The maximum Gasteiger partial charge on any atom is 0.0700 e. The lowest BCUT2D eigenvalue weighted by Gasteiger charge is -2.11. The second kappa shape index (κ2) is 4.61. The summed E-state index contributed by atoms with van der Waals surface area (Å²) in [5.41, 5.74) is 2.36. The van der Waals surface area contributed by atoms with E-state index in [2.05, 4.69) is 41.9 Å². The van der Waals surface area contributed by atoms with Crippen molar-refractivity contribution in [2.75, 3.05) is 0 Å². The normalized spacial score (nSPS) is 12.6. The molecule has 0 heterocycles. The maximum absolute atomic E-state index is 8.79. The van der Waals surface area contributed by atoms with Crippen molar-refractivity contribution in [3.63, 3.8) is 0 Å². The van der Waals surface area contributed by atoms with Crippen LogP contribution in [0.15, 0.2) is 22.7 Å². The van der Waals surface area contributed by atoms with Gasteiger partial charge in [-0.3, -0.25) is 0 Å². The van der Waals surface area contributed by atoms with Gasteiger partial charge in [0.15, 0.2) is 0 Å². The van der Waals surface area contributed by atoms with Gasteiger partial charge in [-0.25, -0.2) is 0 Å². The molecular formula is C12H14BrN. The molecule has 1 aromatic rings. The van der Waals surface area contributed by atoms with Gasteiger partial charge in [0, 0.05) is 4.47 Å². The number of hydrogen-bond acceptors (Lipinski definition) is 1. The van der Waals surface area contributed by atoms with Crippen LogP contribution in [-0.4, -0.2) is 0 Å². The van der Waals surface area contributed by atoms with Gasteiger partial charge < -0.3 is 0 Å². The van der Waals surface area contributed by atoms with Crippen molar-refractivity contribution in [1.29, 1.82) is 5.26 Å². The molecule has 0 aliphatic heterocycles. The second-order valence-electron chi connectivity index (χ2n) is 3.79. The van der Waals surface area contributed by atoms with Crippen LogP contribution in [0.4, 0.5) is 0 Å². The average Bonchev–Trinajstić information content (AvgIpc) is 2.15. The zero-order chi connectivity index (χ0) is 10.7. The minimum Gasteiger partial charge on any atom is -0.198 e. The lowest BCUT2D eigenvalue weighted by Crippen LogP contribution is -1.94. The van der Waals surface area contributed by atoms with Gasteiger partial charge in [0.1, 0.15) is 0 Å². The van der Waals surface area contributed by atoms with Gasteiger partial charge in [0.25, 0.3) is 0 Å². The lowest BCUT2D eigenvalue weighted by molar-refractivity contribution is 0.856. The predicted molar refractivity (Wildman–Crippen MR) is 62.3 cm³/mol. The molecule has 0 amide bonds. The monoisotopic (exact) mass is 251 g/mol. The number of hydrogen-bond donors (Lipinski definition) is 0. The third kappa shape index (κ3) is 2.36. The summed E-state index contributed by atoms with van der Waals surface area (Å²) in [6.45, 7) is 6.23. The van der Waals surface area contributed by atoms with Crippen molar-refractivity contribution in [2.24, 2.45) is 0 Å². The first-order chi connectivity index (χ1) is 6.56. The fourth-order valence-corrected chi connectivity index (χ4v) is 2.21. The molecule has 0 N–H and O–H groups in total. The van der Waals surface area contributed by atoms with Crippen LogP contribution in [0.5, 0.6) is 0 Å². The number of halogens is 1. The molecule has 0 fully saturated rings. The molecule has 1 aromatic carbocycles. The van der Waals surface area contributed by atoms with Gasteiger partial charge in [-0.2, -0.15) is 5.26 Å². The molecular weight excluding hydrogens is 238 g/mol. The van der Waals surface area contributed by atoms with Crippen LogP contribution < -0.4 is 0 Å². The van der Waals surface area contributed by atoms with Crippen molar-refractivity contribution in [3.8, 4) is 6.07 Å². The number of rotatable bonds is 2. The van der Waals surface area contributed by atoms with E-state index in [0.717, 1.165) is 10.0 Å². The molecule has 2 heteroatoms. The molecule has 1 nitrogen and oxygen atoms in total. The molecule has 1 rings (SSSR count). The first-order valence-electron chi connectivity index (χ1n) is 4.75. The minimum atomic E-state index is -0.0347. The van der Waals surface area contributed by atoms with Crippen molar-refractivity contribution in [3.05, 3.63) is 33.8 Å². The van der Waals surface area contributed by atoms with Crippen molar-refractivity contribution in [1.82, 2.24) is 0 Å². The Kier molecular flexibility index (Phi) is 3.71. The average molecular weight is 252 g/mol. The molecule has 74 valence electrons. The van der Waals surface area contributed by atoms with Gasteiger partial charge in [0.2, 0.25) is 0 Å². The molecule has 0 saturated heterocycles. The van der Waals surface area contributed by atoms with Gasteiger partial charge >= 0.3 is 0 Å². The van der Waals surface area contributed by atoms with Crippen LogP contribution in [0.3, 0.4) is 0 Å². The summed E-state index contributed by atoms with van der Waals surface area (Å²) in [6.07, 6.45) is 0. The standard InChI is InChI=1S/C12H14BrN/c1-8(2)11-5-4-10(6-12(11)13)9(3)7-14/h4-6,8-9H,1-3H3. The quantitative estimate of drug-likeness (QED) is 0.773. The fourth-order valence-electron chi connectivity index (χ4n) is 1.36. The topological polar surface area (TPSA) is 23.8 Å². The molecule has 1 atom stereocenters. The molecule has 14 heavy (non-hydrogen) atoms. The summed E-state index contributed by atoms with van der Waals surface area (Å²) in [7, 11) is 0. The van der Waals surface area contributed by atoms with Crippen LogP contribution in [0, 0.1) is 11.3 Å². The van der Waals surface area contributed by atoms with Crippen LogP contribution in [0.1, 0.15) is 43.7 Å².